The first-order valence-corrected chi connectivity index (χ1v) is 13.0. The van der Waals surface area contributed by atoms with Crippen molar-refractivity contribution in [2.24, 2.45) is 0 Å². The molecule has 0 saturated heterocycles. The standard InChI is InChI=1S/C32H22O2S/c1-5-19-9-3-11-23-25(15-13-21(7-1)27(19)23)31-29-30(34-18-17-33-29)32(35-31)26-16-14-22-8-2-6-20-10-4-12-24(26)28(20)22/h1-16,25-26H,17-18H2. The van der Waals surface area contributed by atoms with Crippen LogP contribution in [0.15, 0.2) is 84.9 Å². The van der Waals surface area contributed by atoms with Crippen molar-refractivity contribution >= 4 is 45.0 Å². The first-order chi connectivity index (χ1) is 17.4. The summed E-state index contributed by atoms with van der Waals surface area (Å²) in [4.78, 5) is 2.49. The van der Waals surface area contributed by atoms with Crippen molar-refractivity contribution in [2.75, 3.05) is 13.2 Å². The molecule has 3 heteroatoms. The highest BCUT2D eigenvalue weighted by Crippen LogP contribution is 2.55. The number of thiophene rings is 1. The molecular weight excluding hydrogens is 448 g/mol. The molecule has 2 nitrogen and oxygen atoms in total. The van der Waals surface area contributed by atoms with Crippen LogP contribution in [0.5, 0.6) is 11.5 Å². The van der Waals surface area contributed by atoms with Gasteiger partial charge in [0, 0.05) is 11.8 Å². The Bertz CT molecular complexity index is 1590. The minimum Gasteiger partial charge on any atom is -0.485 e. The van der Waals surface area contributed by atoms with Gasteiger partial charge in [0.05, 0.1) is 9.75 Å². The molecule has 8 rings (SSSR count). The Kier molecular flexibility index (Phi) is 4.08. The van der Waals surface area contributed by atoms with Crippen molar-refractivity contribution in [1.82, 2.24) is 0 Å². The molecule has 0 spiro atoms. The molecule has 2 heterocycles. The number of allylic oxidation sites excluding steroid dienone is 2. The highest BCUT2D eigenvalue weighted by molar-refractivity contribution is 7.13. The molecular formula is C32H22O2S. The Morgan fingerprint density at radius 2 is 1.03 bits per heavy atom. The van der Waals surface area contributed by atoms with Gasteiger partial charge >= 0.3 is 0 Å². The van der Waals surface area contributed by atoms with Gasteiger partial charge in [-0.2, -0.15) is 0 Å². The van der Waals surface area contributed by atoms with Gasteiger partial charge in [0.1, 0.15) is 13.2 Å². The van der Waals surface area contributed by atoms with Crippen LogP contribution in [-0.4, -0.2) is 13.2 Å². The summed E-state index contributed by atoms with van der Waals surface area (Å²) in [7, 11) is 0. The Morgan fingerprint density at radius 1 is 0.571 bits per heavy atom. The van der Waals surface area contributed by atoms with Crippen molar-refractivity contribution in [2.45, 2.75) is 11.8 Å². The Labute approximate surface area is 207 Å². The van der Waals surface area contributed by atoms with Crippen molar-refractivity contribution in [3.8, 4) is 11.5 Å². The topological polar surface area (TPSA) is 18.5 Å². The van der Waals surface area contributed by atoms with Crippen molar-refractivity contribution in [3.63, 3.8) is 0 Å². The number of rotatable bonds is 2. The third-order valence-corrected chi connectivity index (χ3v) is 8.88. The lowest BCUT2D eigenvalue weighted by Crippen LogP contribution is -2.16. The summed E-state index contributed by atoms with van der Waals surface area (Å²) >= 11 is 1.85. The molecule has 168 valence electrons. The van der Waals surface area contributed by atoms with Crippen LogP contribution in [0.1, 0.15) is 43.8 Å². The van der Waals surface area contributed by atoms with Crippen LogP contribution in [0.25, 0.3) is 33.7 Å². The lowest BCUT2D eigenvalue weighted by Gasteiger charge is -2.24. The Balaban J connectivity index is 1.34. The molecule has 0 N–H and O–H groups in total. The zero-order chi connectivity index (χ0) is 22.9. The smallest absolute Gasteiger partial charge is 0.176 e. The predicted molar refractivity (Wildman–Crippen MR) is 145 cm³/mol. The quantitative estimate of drug-likeness (QED) is 0.259. The van der Waals surface area contributed by atoms with Gasteiger partial charge in [-0.3, -0.25) is 0 Å². The number of hydrogen-bond donors (Lipinski definition) is 0. The van der Waals surface area contributed by atoms with Crippen molar-refractivity contribution in [3.05, 3.63) is 117 Å². The summed E-state index contributed by atoms with van der Waals surface area (Å²) in [6.07, 6.45) is 9.20. The summed E-state index contributed by atoms with van der Waals surface area (Å²) in [5.74, 6) is 2.17. The fourth-order valence-corrected chi connectivity index (χ4v) is 7.46. The second-order valence-corrected chi connectivity index (χ2v) is 10.5. The first kappa shape index (κ1) is 19.5. The third kappa shape index (κ3) is 2.76. The average molecular weight is 471 g/mol. The fraction of sp³-hybridized carbons (Fsp3) is 0.125. The van der Waals surface area contributed by atoms with Gasteiger partial charge in [0.15, 0.2) is 11.5 Å². The van der Waals surface area contributed by atoms with Crippen LogP contribution < -0.4 is 9.47 Å². The lowest BCUT2D eigenvalue weighted by molar-refractivity contribution is 0.170. The molecule has 3 aliphatic rings. The van der Waals surface area contributed by atoms with Gasteiger partial charge < -0.3 is 9.47 Å². The second-order valence-electron chi connectivity index (χ2n) is 9.44. The molecule has 1 aliphatic heterocycles. The zero-order valence-corrected chi connectivity index (χ0v) is 19.8. The number of fused-ring (bicyclic) bond motifs is 1. The van der Waals surface area contributed by atoms with E-state index in [1.165, 1.54) is 53.6 Å². The van der Waals surface area contributed by atoms with Gasteiger partial charge in [-0.1, -0.05) is 97.1 Å². The third-order valence-electron chi connectivity index (χ3n) is 7.56. The van der Waals surface area contributed by atoms with Gasteiger partial charge in [-0.05, 0) is 43.8 Å². The van der Waals surface area contributed by atoms with Crippen LogP contribution in [0.4, 0.5) is 0 Å². The number of ether oxygens (including phenoxy) is 2. The van der Waals surface area contributed by atoms with E-state index >= 15 is 0 Å². The van der Waals surface area contributed by atoms with Crippen LogP contribution >= 0.6 is 11.3 Å². The maximum absolute atomic E-state index is 6.33. The van der Waals surface area contributed by atoms with E-state index in [1.807, 2.05) is 11.3 Å². The summed E-state index contributed by atoms with van der Waals surface area (Å²) in [6.45, 7) is 1.18. The molecule has 5 aromatic rings. The van der Waals surface area contributed by atoms with E-state index in [0.717, 1.165) is 11.5 Å². The van der Waals surface area contributed by atoms with Crippen molar-refractivity contribution in [1.29, 1.82) is 0 Å². The molecule has 0 amide bonds. The van der Waals surface area contributed by atoms with Gasteiger partial charge in [0.25, 0.3) is 0 Å². The zero-order valence-electron chi connectivity index (χ0n) is 19.0. The molecule has 0 bridgehead atoms. The molecule has 2 unspecified atom stereocenters. The fourth-order valence-electron chi connectivity index (χ4n) is 6.07. The number of hydrogen-bond acceptors (Lipinski definition) is 3. The Morgan fingerprint density at radius 3 is 1.51 bits per heavy atom. The van der Waals surface area contributed by atoms with E-state index in [1.54, 1.807) is 0 Å². The summed E-state index contributed by atoms with van der Waals surface area (Å²) in [5, 5.41) is 5.27. The van der Waals surface area contributed by atoms with E-state index in [4.69, 9.17) is 9.47 Å². The minimum absolute atomic E-state index is 0.151. The molecule has 35 heavy (non-hydrogen) atoms. The highest BCUT2D eigenvalue weighted by Gasteiger charge is 2.34. The maximum atomic E-state index is 6.33. The maximum Gasteiger partial charge on any atom is 0.176 e. The SMILES string of the molecule is C1=CC(c2sc(C3C=Cc4cccc5cccc3c45)c3c2OCCO3)c2cccc3cccc1c23. The predicted octanol–water partition coefficient (Wildman–Crippen LogP) is 8.14. The number of benzene rings is 4. The van der Waals surface area contributed by atoms with Crippen LogP contribution in [-0.2, 0) is 0 Å². The minimum atomic E-state index is 0.151. The molecule has 0 saturated carbocycles. The van der Waals surface area contributed by atoms with Crippen LogP contribution in [0, 0.1) is 0 Å². The van der Waals surface area contributed by atoms with E-state index in [-0.39, 0.29) is 11.8 Å². The largest absolute Gasteiger partial charge is 0.485 e. The van der Waals surface area contributed by atoms with Crippen molar-refractivity contribution < 1.29 is 9.47 Å². The van der Waals surface area contributed by atoms with Gasteiger partial charge in [-0.15, -0.1) is 11.3 Å². The first-order valence-electron chi connectivity index (χ1n) is 12.2. The second kappa shape index (κ2) is 7.34. The molecule has 0 radical (unpaired) electrons. The molecule has 2 atom stereocenters. The average Bonchev–Trinajstić information content (AvgIpc) is 3.29. The normalized spacial score (nSPS) is 19.4. The van der Waals surface area contributed by atoms with Gasteiger partial charge in [0.2, 0.25) is 0 Å². The van der Waals surface area contributed by atoms with E-state index < -0.39 is 0 Å². The molecule has 1 aromatic heterocycles. The van der Waals surface area contributed by atoms with Crippen LogP contribution in [0.3, 0.4) is 0 Å². The molecule has 4 aromatic carbocycles. The Hall–Kier alpha value is -3.82. The monoisotopic (exact) mass is 470 g/mol. The van der Waals surface area contributed by atoms with E-state index in [2.05, 4.69) is 97.1 Å². The highest BCUT2D eigenvalue weighted by atomic mass is 32.1. The van der Waals surface area contributed by atoms with Gasteiger partial charge in [-0.25, -0.2) is 0 Å². The van der Waals surface area contributed by atoms with E-state index in [9.17, 15) is 0 Å². The molecule has 0 fully saturated rings. The summed E-state index contributed by atoms with van der Waals surface area (Å²) in [6, 6.07) is 26.4. The molecule has 2 aliphatic carbocycles. The summed E-state index contributed by atoms with van der Waals surface area (Å²) in [5.41, 5.74) is 5.26. The van der Waals surface area contributed by atoms with Crippen LogP contribution in [0.2, 0.25) is 0 Å². The van der Waals surface area contributed by atoms with E-state index in [0.29, 0.717) is 13.2 Å². The lowest BCUT2D eigenvalue weighted by atomic mass is 9.84. The summed E-state index contributed by atoms with van der Waals surface area (Å²) < 4.78 is 12.7.